The molecule has 3 aromatic heterocycles. The summed E-state index contributed by atoms with van der Waals surface area (Å²) < 4.78 is 9.28. The Morgan fingerprint density at radius 1 is 1.11 bits per heavy atom. The lowest BCUT2D eigenvalue weighted by molar-refractivity contribution is -0.122. The molecule has 1 saturated heterocycles. The molecule has 0 atom stereocenters. The van der Waals surface area contributed by atoms with Crippen LogP contribution in [-0.4, -0.2) is 79.7 Å². The van der Waals surface area contributed by atoms with E-state index in [1.54, 1.807) is 21.6 Å². The number of aromatic nitrogens is 5. The fourth-order valence-corrected chi connectivity index (χ4v) is 4.41. The first-order chi connectivity index (χ1) is 17.7. The zero-order valence-electron chi connectivity index (χ0n) is 20.2. The highest BCUT2D eigenvalue weighted by Crippen LogP contribution is 2.21. The van der Waals surface area contributed by atoms with Crippen LogP contribution in [0.3, 0.4) is 0 Å². The Morgan fingerprint density at radius 3 is 2.75 bits per heavy atom. The molecule has 1 aromatic carbocycles. The van der Waals surface area contributed by atoms with Crippen molar-refractivity contribution >= 4 is 11.6 Å². The van der Waals surface area contributed by atoms with Crippen molar-refractivity contribution in [2.24, 2.45) is 0 Å². The van der Waals surface area contributed by atoms with E-state index in [-0.39, 0.29) is 25.6 Å². The summed E-state index contributed by atoms with van der Waals surface area (Å²) in [6.45, 7) is 4.26. The molecule has 4 aromatic rings. The first kappa shape index (κ1) is 24.0. The number of fused-ring (bicyclic) bond motifs is 1. The number of carbonyl (C=O) groups excluding carboxylic acids is 1. The molecule has 0 bridgehead atoms. The summed E-state index contributed by atoms with van der Waals surface area (Å²) in [5.74, 6) is 1.40. The van der Waals surface area contributed by atoms with Crippen molar-refractivity contribution in [2.45, 2.75) is 25.8 Å². The summed E-state index contributed by atoms with van der Waals surface area (Å²) in [6.07, 6.45) is 6.71. The molecule has 188 valence electrons. The van der Waals surface area contributed by atoms with Crippen LogP contribution >= 0.6 is 0 Å². The van der Waals surface area contributed by atoms with E-state index in [1.165, 1.54) is 25.9 Å². The number of aliphatic hydroxyl groups excluding tert-OH is 1. The maximum Gasteiger partial charge on any atom is 0.241 e. The lowest BCUT2D eigenvalue weighted by Gasteiger charge is -2.14. The van der Waals surface area contributed by atoms with Gasteiger partial charge in [0.25, 0.3) is 0 Å². The maximum atomic E-state index is 11.9. The van der Waals surface area contributed by atoms with Crippen LogP contribution in [0.15, 0.2) is 54.9 Å². The number of amides is 1. The molecule has 0 saturated carbocycles. The number of carbonyl (C=O) groups is 1. The molecule has 10 heteroatoms. The number of hydrogen-bond acceptors (Lipinski definition) is 7. The minimum Gasteiger partial charge on any atom is -0.492 e. The minimum atomic E-state index is -0.206. The standard InChI is InChI=1S/C26H31N7O3/c34-14-10-27-26(35)19-32-18-21(17-28-32)23-4-3-5-25-29-24(30-33(23)25)16-20-6-8-22(9-7-20)36-15-13-31-11-1-2-12-31/h3-9,17-18,34H,1-2,10-16,19H2,(H,27,35). The van der Waals surface area contributed by atoms with Crippen molar-refractivity contribution < 1.29 is 14.6 Å². The van der Waals surface area contributed by atoms with Gasteiger partial charge < -0.3 is 15.2 Å². The Hall–Kier alpha value is -3.76. The summed E-state index contributed by atoms with van der Waals surface area (Å²) in [7, 11) is 0. The van der Waals surface area contributed by atoms with Gasteiger partial charge in [-0.1, -0.05) is 18.2 Å². The Kier molecular flexibility index (Phi) is 7.53. The van der Waals surface area contributed by atoms with Crippen molar-refractivity contribution in [3.8, 4) is 17.0 Å². The molecule has 1 aliphatic rings. The fourth-order valence-electron chi connectivity index (χ4n) is 4.41. The van der Waals surface area contributed by atoms with E-state index in [1.807, 2.05) is 30.3 Å². The molecular weight excluding hydrogens is 458 g/mol. The Labute approximate surface area is 209 Å². The van der Waals surface area contributed by atoms with Crippen molar-refractivity contribution in [2.75, 3.05) is 39.4 Å². The molecule has 0 unspecified atom stereocenters. The van der Waals surface area contributed by atoms with Gasteiger partial charge in [-0.2, -0.15) is 10.2 Å². The molecule has 36 heavy (non-hydrogen) atoms. The molecule has 0 spiro atoms. The molecule has 1 fully saturated rings. The normalized spacial score (nSPS) is 13.9. The number of likely N-dealkylation sites (tertiary alicyclic amines) is 1. The van der Waals surface area contributed by atoms with Crippen LogP contribution in [0.4, 0.5) is 0 Å². The van der Waals surface area contributed by atoms with Gasteiger partial charge in [0.2, 0.25) is 5.91 Å². The van der Waals surface area contributed by atoms with Crippen molar-refractivity contribution in [3.63, 3.8) is 0 Å². The lowest BCUT2D eigenvalue weighted by atomic mass is 10.1. The molecule has 10 nitrogen and oxygen atoms in total. The summed E-state index contributed by atoms with van der Waals surface area (Å²) in [5.41, 5.74) is 3.54. The van der Waals surface area contributed by atoms with E-state index < -0.39 is 0 Å². The topological polar surface area (TPSA) is 110 Å². The summed E-state index contributed by atoms with van der Waals surface area (Å²) >= 11 is 0. The first-order valence-electron chi connectivity index (χ1n) is 12.4. The highest BCUT2D eigenvalue weighted by Gasteiger charge is 2.13. The minimum absolute atomic E-state index is 0.0799. The highest BCUT2D eigenvalue weighted by atomic mass is 16.5. The average Bonchev–Trinajstić information content (AvgIpc) is 3.65. The molecular formula is C26H31N7O3. The van der Waals surface area contributed by atoms with Gasteiger partial charge in [-0.25, -0.2) is 9.50 Å². The lowest BCUT2D eigenvalue weighted by Crippen LogP contribution is -2.30. The number of hydrogen-bond donors (Lipinski definition) is 2. The number of rotatable bonds is 11. The Bertz CT molecular complexity index is 1290. The van der Waals surface area contributed by atoms with Gasteiger partial charge in [-0.05, 0) is 55.8 Å². The van der Waals surface area contributed by atoms with Crippen molar-refractivity contribution in [3.05, 3.63) is 66.2 Å². The molecule has 1 amide bonds. The van der Waals surface area contributed by atoms with Crippen molar-refractivity contribution in [1.82, 2.24) is 34.6 Å². The SMILES string of the molecule is O=C(Cn1cc(-c2cccc3nc(Cc4ccc(OCCN5CCCC5)cc4)nn23)cn1)NCCO. The van der Waals surface area contributed by atoms with E-state index >= 15 is 0 Å². The number of ether oxygens (including phenoxy) is 1. The third-order valence-corrected chi connectivity index (χ3v) is 6.23. The number of aliphatic hydroxyl groups is 1. The third kappa shape index (κ3) is 5.89. The van der Waals surface area contributed by atoms with Gasteiger partial charge in [0.1, 0.15) is 18.9 Å². The maximum absolute atomic E-state index is 11.9. The van der Waals surface area contributed by atoms with Gasteiger partial charge in [0.15, 0.2) is 11.5 Å². The van der Waals surface area contributed by atoms with Crippen LogP contribution in [0.25, 0.3) is 16.9 Å². The van der Waals surface area contributed by atoms with Crippen molar-refractivity contribution in [1.29, 1.82) is 0 Å². The van der Waals surface area contributed by atoms with E-state index in [2.05, 4.69) is 27.4 Å². The number of benzene rings is 1. The van der Waals surface area contributed by atoms with E-state index in [9.17, 15) is 4.79 Å². The predicted octanol–water partition coefficient (Wildman–Crippen LogP) is 1.77. The van der Waals surface area contributed by atoms with Crippen LogP contribution in [0.1, 0.15) is 24.2 Å². The fraction of sp³-hybridized carbons (Fsp3) is 0.385. The predicted molar refractivity (Wildman–Crippen MR) is 135 cm³/mol. The summed E-state index contributed by atoms with van der Waals surface area (Å²) in [4.78, 5) is 19.1. The highest BCUT2D eigenvalue weighted by molar-refractivity contribution is 5.75. The van der Waals surface area contributed by atoms with Crippen LogP contribution in [0.5, 0.6) is 5.75 Å². The molecule has 1 aliphatic heterocycles. The first-order valence-corrected chi connectivity index (χ1v) is 12.4. The number of nitrogens with one attached hydrogen (secondary N) is 1. The smallest absolute Gasteiger partial charge is 0.241 e. The monoisotopic (exact) mass is 489 g/mol. The summed E-state index contributed by atoms with van der Waals surface area (Å²) in [6, 6.07) is 13.9. The van der Waals surface area contributed by atoms with Gasteiger partial charge in [-0.3, -0.25) is 14.4 Å². The van der Waals surface area contributed by atoms with Gasteiger partial charge in [-0.15, -0.1) is 0 Å². The third-order valence-electron chi connectivity index (χ3n) is 6.23. The molecule has 0 aliphatic carbocycles. The van der Waals surface area contributed by atoms with Gasteiger partial charge >= 0.3 is 0 Å². The van der Waals surface area contributed by atoms with Crippen LogP contribution in [0.2, 0.25) is 0 Å². The van der Waals surface area contributed by atoms with Crippen LogP contribution < -0.4 is 10.1 Å². The van der Waals surface area contributed by atoms with Crippen LogP contribution in [-0.2, 0) is 17.8 Å². The molecule has 5 rings (SSSR count). The molecule has 0 radical (unpaired) electrons. The average molecular weight is 490 g/mol. The van der Waals surface area contributed by atoms with E-state index in [0.717, 1.165) is 40.6 Å². The Balaban J connectivity index is 1.23. The van der Waals surface area contributed by atoms with Gasteiger partial charge in [0.05, 0.1) is 18.5 Å². The molecule has 2 N–H and O–H groups in total. The molecule has 4 heterocycles. The van der Waals surface area contributed by atoms with Crippen LogP contribution in [0, 0.1) is 0 Å². The van der Waals surface area contributed by atoms with Gasteiger partial charge in [0, 0.05) is 31.3 Å². The zero-order chi connectivity index (χ0) is 24.7. The zero-order valence-corrected chi connectivity index (χ0v) is 20.2. The quantitative estimate of drug-likeness (QED) is 0.330. The second-order valence-electron chi connectivity index (χ2n) is 8.93. The summed E-state index contributed by atoms with van der Waals surface area (Å²) in [5, 5.41) is 20.5. The second kappa shape index (κ2) is 11.3. The second-order valence-corrected chi connectivity index (χ2v) is 8.93. The largest absolute Gasteiger partial charge is 0.492 e. The number of pyridine rings is 1. The van der Waals surface area contributed by atoms with E-state index in [0.29, 0.717) is 13.0 Å². The Morgan fingerprint density at radius 2 is 1.94 bits per heavy atom. The van der Waals surface area contributed by atoms with E-state index in [4.69, 9.17) is 19.9 Å². The number of nitrogens with zero attached hydrogens (tertiary/aromatic N) is 6.